The number of ether oxygens (including phenoxy) is 1. The third-order valence-corrected chi connectivity index (χ3v) is 6.76. The molecule has 0 spiro atoms. The number of anilines is 2. The fourth-order valence-electron chi connectivity index (χ4n) is 4.01. The van der Waals surface area contributed by atoms with E-state index in [1.54, 1.807) is 16.7 Å². The summed E-state index contributed by atoms with van der Waals surface area (Å²) in [4.78, 5) is 55.4. The summed E-state index contributed by atoms with van der Waals surface area (Å²) < 4.78 is 6.61. The van der Waals surface area contributed by atoms with Crippen LogP contribution in [-0.4, -0.2) is 34.6 Å². The summed E-state index contributed by atoms with van der Waals surface area (Å²) in [6, 6.07) is 0. The first kappa shape index (κ1) is 24.8. The summed E-state index contributed by atoms with van der Waals surface area (Å²) in [5.41, 5.74) is 6.30. The molecule has 0 saturated carbocycles. The van der Waals surface area contributed by atoms with Crippen LogP contribution in [0.1, 0.15) is 67.3 Å². The fourth-order valence-corrected chi connectivity index (χ4v) is 5.13. The van der Waals surface area contributed by atoms with Gasteiger partial charge in [-0.05, 0) is 43.6 Å². The SMILES string of the molecule is CCCCN(C(=O)COC(=O)c1csc2c1CCCC2)c1c(N)n(CC(C)C)c(=O)[nH]c1=O. The summed E-state index contributed by atoms with van der Waals surface area (Å²) in [6.45, 7) is 5.78. The van der Waals surface area contributed by atoms with Gasteiger partial charge in [0.2, 0.25) is 0 Å². The van der Waals surface area contributed by atoms with Crippen LogP contribution in [0.15, 0.2) is 15.0 Å². The van der Waals surface area contributed by atoms with Crippen molar-refractivity contribution in [2.75, 3.05) is 23.8 Å². The Balaban J connectivity index is 1.84. The van der Waals surface area contributed by atoms with Crippen LogP contribution in [0.4, 0.5) is 11.5 Å². The number of amides is 1. The lowest BCUT2D eigenvalue weighted by Crippen LogP contribution is -2.43. The number of aromatic nitrogens is 2. The molecule has 1 aliphatic rings. The van der Waals surface area contributed by atoms with Gasteiger partial charge in [0.25, 0.3) is 11.5 Å². The maximum absolute atomic E-state index is 13.1. The van der Waals surface area contributed by atoms with Crippen LogP contribution >= 0.6 is 11.3 Å². The maximum atomic E-state index is 13.1. The van der Waals surface area contributed by atoms with Crippen LogP contribution < -0.4 is 21.9 Å². The Labute approximate surface area is 196 Å². The Hall–Kier alpha value is -2.88. The van der Waals surface area contributed by atoms with E-state index in [4.69, 9.17) is 10.5 Å². The van der Waals surface area contributed by atoms with E-state index in [1.165, 1.54) is 14.3 Å². The first-order chi connectivity index (χ1) is 15.7. The number of carbonyl (C=O) groups excluding carboxylic acids is 2. The molecule has 0 unspecified atom stereocenters. The molecule has 0 radical (unpaired) electrons. The minimum atomic E-state index is -0.736. The Morgan fingerprint density at radius 2 is 2.00 bits per heavy atom. The molecule has 0 fully saturated rings. The molecule has 0 bridgehead atoms. The maximum Gasteiger partial charge on any atom is 0.339 e. The number of nitrogen functional groups attached to an aromatic ring is 1. The number of nitrogens with zero attached hydrogens (tertiary/aromatic N) is 2. The number of nitrogens with two attached hydrogens (primary N) is 1. The Morgan fingerprint density at radius 3 is 2.70 bits per heavy atom. The van der Waals surface area contributed by atoms with E-state index in [9.17, 15) is 19.2 Å². The molecule has 180 valence electrons. The number of aryl methyl sites for hydroxylation is 1. The zero-order chi connectivity index (χ0) is 24.1. The van der Waals surface area contributed by atoms with Crippen molar-refractivity contribution in [3.63, 3.8) is 0 Å². The number of rotatable bonds is 9. The van der Waals surface area contributed by atoms with Gasteiger partial charge in [0.15, 0.2) is 12.3 Å². The molecule has 33 heavy (non-hydrogen) atoms. The van der Waals surface area contributed by atoms with Crippen LogP contribution in [0.25, 0.3) is 0 Å². The Kier molecular flexibility index (Phi) is 8.12. The predicted octanol–water partition coefficient (Wildman–Crippen LogP) is 2.71. The largest absolute Gasteiger partial charge is 0.452 e. The number of fused-ring (bicyclic) bond motifs is 1. The zero-order valence-electron chi connectivity index (χ0n) is 19.4. The van der Waals surface area contributed by atoms with Crippen molar-refractivity contribution in [3.05, 3.63) is 42.2 Å². The van der Waals surface area contributed by atoms with E-state index in [0.717, 1.165) is 37.7 Å². The number of carbonyl (C=O) groups is 2. The van der Waals surface area contributed by atoms with Crippen LogP contribution in [0, 0.1) is 5.92 Å². The molecule has 2 heterocycles. The Bertz CT molecular complexity index is 1130. The molecule has 0 aromatic carbocycles. The van der Waals surface area contributed by atoms with E-state index in [0.29, 0.717) is 18.5 Å². The Morgan fingerprint density at radius 1 is 1.27 bits per heavy atom. The van der Waals surface area contributed by atoms with Gasteiger partial charge in [0.05, 0.1) is 5.56 Å². The number of unbranched alkanes of at least 4 members (excludes halogenated alkanes) is 1. The van der Waals surface area contributed by atoms with E-state index in [1.807, 2.05) is 20.8 Å². The number of nitrogens with one attached hydrogen (secondary N) is 1. The van der Waals surface area contributed by atoms with Gasteiger partial charge in [-0.1, -0.05) is 27.2 Å². The molecule has 0 atom stereocenters. The highest BCUT2D eigenvalue weighted by Gasteiger charge is 2.26. The first-order valence-electron chi connectivity index (χ1n) is 11.4. The average Bonchev–Trinajstić information content (AvgIpc) is 3.21. The summed E-state index contributed by atoms with van der Waals surface area (Å²) in [6.07, 6.45) is 5.33. The second kappa shape index (κ2) is 10.8. The summed E-state index contributed by atoms with van der Waals surface area (Å²) in [5.74, 6) is -1.07. The number of aromatic amines is 1. The van der Waals surface area contributed by atoms with Gasteiger partial charge in [-0.3, -0.25) is 19.1 Å². The van der Waals surface area contributed by atoms with E-state index < -0.39 is 29.7 Å². The first-order valence-corrected chi connectivity index (χ1v) is 12.3. The van der Waals surface area contributed by atoms with Gasteiger partial charge in [-0.25, -0.2) is 9.59 Å². The molecule has 0 aliphatic heterocycles. The molecule has 1 amide bonds. The third-order valence-electron chi connectivity index (χ3n) is 5.68. The van der Waals surface area contributed by atoms with Gasteiger partial charge in [0, 0.05) is 23.3 Å². The van der Waals surface area contributed by atoms with Gasteiger partial charge in [-0.2, -0.15) is 0 Å². The molecular weight excluding hydrogens is 444 g/mol. The van der Waals surface area contributed by atoms with Crippen LogP contribution in [0.3, 0.4) is 0 Å². The molecule has 0 saturated heterocycles. The van der Waals surface area contributed by atoms with E-state index in [2.05, 4.69) is 4.98 Å². The van der Waals surface area contributed by atoms with Crippen LogP contribution in [0.2, 0.25) is 0 Å². The summed E-state index contributed by atoms with van der Waals surface area (Å²) >= 11 is 1.55. The van der Waals surface area contributed by atoms with Gasteiger partial charge >= 0.3 is 11.7 Å². The van der Waals surface area contributed by atoms with Crippen LogP contribution in [-0.2, 0) is 28.9 Å². The smallest absolute Gasteiger partial charge is 0.339 e. The molecule has 2 aromatic rings. The molecule has 2 aromatic heterocycles. The predicted molar refractivity (Wildman–Crippen MR) is 129 cm³/mol. The van der Waals surface area contributed by atoms with Crippen molar-refractivity contribution in [1.82, 2.24) is 9.55 Å². The lowest BCUT2D eigenvalue weighted by atomic mass is 9.96. The normalized spacial score (nSPS) is 13.1. The van der Waals surface area contributed by atoms with Crippen molar-refractivity contribution in [3.8, 4) is 0 Å². The van der Waals surface area contributed by atoms with Crippen molar-refractivity contribution in [1.29, 1.82) is 0 Å². The molecule has 3 rings (SSSR count). The molecule has 10 heteroatoms. The monoisotopic (exact) mass is 476 g/mol. The minimum absolute atomic E-state index is 0.0693. The van der Waals surface area contributed by atoms with E-state index in [-0.39, 0.29) is 24.0 Å². The quantitative estimate of drug-likeness (QED) is 0.536. The van der Waals surface area contributed by atoms with Crippen molar-refractivity contribution in [2.45, 2.75) is 65.8 Å². The number of H-pyrrole nitrogens is 1. The van der Waals surface area contributed by atoms with Crippen molar-refractivity contribution < 1.29 is 14.3 Å². The summed E-state index contributed by atoms with van der Waals surface area (Å²) in [5, 5.41) is 1.79. The van der Waals surface area contributed by atoms with Gasteiger partial charge in [0.1, 0.15) is 5.82 Å². The molecule has 3 N–H and O–H groups in total. The second-order valence-corrected chi connectivity index (χ2v) is 9.70. The lowest BCUT2D eigenvalue weighted by molar-refractivity contribution is -0.121. The molecule has 1 aliphatic carbocycles. The summed E-state index contributed by atoms with van der Waals surface area (Å²) in [7, 11) is 0. The van der Waals surface area contributed by atoms with Crippen molar-refractivity contribution >= 4 is 34.7 Å². The standard InChI is InChI=1S/C23H32N4O5S/c1-4-5-10-26(19-20(24)27(11-14(2)3)23(31)25-21(19)29)18(28)12-32-22(30)16-13-33-17-9-7-6-8-15(16)17/h13-14H,4-12,24H2,1-3H3,(H,25,29,31). The third kappa shape index (κ3) is 5.55. The highest BCUT2D eigenvalue weighted by atomic mass is 32.1. The fraction of sp³-hybridized carbons (Fsp3) is 0.565. The highest BCUT2D eigenvalue weighted by Crippen LogP contribution is 2.30. The van der Waals surface area contributed by atoms with E-state index >= 15 is 0 Å². The molecular formula is C23H32N4O5S. The highest BCUT2D eigenvalue weighted by molar-refractivity contribution is 7.10. The number of esters is 1. The van der Waals surface area contributed by atoms with Gasteiger partial charge in [-0.15, -0.1) is 11.3 Å². The molecule has 9 nitrogen and oxygen atoms in total. The topological polar surface area (TPSA) is 127 Å². The van der Waals surface area contributed by atoms with Gasteiger partial charge < -0.3 is 15.4 Å². The van der Waals surface area contributed by atoms with Crippen LogP contribution in [0.5, 0.6) is 0 Å². The average molecular weight is 477 g/mol. The minimum Gasteiger partial charge on any atom is -0.452 e. The van der Waals surface area contributed by atoms with Crippen molar-refractivity contribution in [2.24, 2.45) is 5.92 Å². The number of hydrogen-bond acceptors (Lipinski definition) is 7. The zero-order valence-corrected chi connectivity index (χ0v) is 20.3. The second-order valence-electron chi connectivity index (χ2n) is 8.73. The number of thiophene rings is 1. The number of hydrogen-bond donors (Lipinski definition) is 2. The lowest BCUT2D eigenvalue weighted by Gasteiger charge is -2.24.